The second-order valence-electron chi connectivity index (χ2n) is 13.1. The average molecular weight is 651 g/mol. The number of nitrogens with zero attached hydrogens (tertiary/aromatic N) is 4. The summed E-state index contributed by atoms with van der Waals surface area (Å²) in [5.74, 6) is -0.861. The van der Waals surface area contributed by atoms with Crippen molar-refractivity contribution in [2.45, 2.75) is 77.6 Å². The lowest BCUT2D eigenvalue weighted by atomic mass is 9.79. The summed E-state index contributed by atoms with van der Waals surface area (Å²) in [7, 11) is 0. The number of aryl methyl sites for hydroxylation is 1. The van der Waals surface area contributed by atoms with Gasteiger partial charge in [-0.15, -0.1) is 0 Å². The monoisotopic (exact) mass is 649 g/mol. The van der Waals surface area contributed by atoms with E-state index in [1.165, 1.54) is 6.92 Å². The van der Waals surface area contributed by atoms with Crippen molar-refractivity contribution in [2.24, 2.45) is 11.7 Å². The van der Waals surface area contributed by atoms with Crippen molar-refractivity contribution in [3.63, 3.8) is 0 Å². The van der Waals surface area contributed by atoms with Crippen LogP contribution in [0.2, 0.25) is 10.0 Å². The number of carbonyl (C=O) groups is 2. The third-order valence-electron chi connectivity index (χ3n) is 8.83. The Morgan fingerprint density at radius 2 is 1.98 bits per heavy atom. The number of ketones is 1. The molecule has 0 radical (unpaired) electrons. The van der Waals surface area contributed by atoms with Crippen LogP contribution in [0.4, 0.5) is 9.18 Å². The van der Waals surface area contributed by atoms with Crippen molar-refractivity contribution in [3.8, 4) is 17.2 Å². The van der Waals surface area contributed by atoms with E-state index >= 15 is 4.39 Å². The Hall–Kier alpha value is -3.71. The first-order chi connectivity index (χ1) is 21.2. The summed E-state index contributed by atoms with van der Waals surface area (Å²) in [4.78, 5) is 32.6. The Labute approximate surface area is 270 Å². The maximum Gasteiger partial charge on any atom is 0.410 e. The van der Waals surface area contributed by atoms with Crippen LogP contribution in [0.5, 0.6) is 0 Å². The van der Waals surface area contributed by atoms with E-state index in [2.05, 4.69) is 15.6 Å². The van der Waals surface area contributed by atoms with Gasteiger partial charge in [-0.05, 0) is 64.3 Å². The van der Waals surface area contributed by atoms with Gasteiger partial charge in [-0.25, -0.2) is 14.2 Å². The Morgan fingerprint density at radius 1 is 1.24 bits per heavy atom. The van der Waals surface area contributed by atoms with Crippen molar-refractivity contribution in [3.05, 3.63) is 63.1 Å². The Morgan fingerprint density at radius 3 is 2.62 bits per heavy atom. The molecule has 2 aromatic carbocycles. The summed E-state index contributed by atoms with van der Waals surface area (Å²) in [6.07, 6.45) is 0.811. The van der Waals surface area contributed by atoms with Gasteiger partial charge in [-0.2, -0.15) is 5.26 Å². The number of nitriles is 1. The molecule has 4 heterocycles. The summed E-state index contributed by atoms with van der Waals surface area (Å²) >= 11 is 12.9. The molecule has 4 aromatic rings. The number of amides is 1. The number of rotatable bonds is 6. The number of hydrogen-bond acceptors (Lipinski definition) is 6. The maximum atomic E-state index is 16.9. The van der Waals surface area contributed by atoms with Crippen LogP contribution in [0, 0.1) is 23.1 Å². The number of ether oxygens (including phenoxy) is 1. The number of aromatic nitrogens is 2. The minimum absolute atomic E-state index is 0.00527. The van der Waals surface area contributed by atoms with Gasteiger partial charge in [0.05, 0.1) is 33.7 Å². The first-order valence-corrected chi connectivity index (χ1v) is 15.8. The fourth-order valence-corrected chi connectivity index (χ4v) is 7.37. The van der Waals surface area contributed by atoms with Gasteiger partial charge in [0.2, 0.25) is 0 Å². The first-order valence-electron chi connectivity index (χ1n) is 15.0. The number of pyridine rings is 1. The first kappa shape index (κ1) is 31.3. The van der Waals surface area contributed by atoms with Gasteiger partial charge in [0.1, 0.15) is 16.8 Å². The van der Waals surface area contributed by atoms with Crippen molar-refractivity contribution in [1.29, 1.82) is 5.26 Å². The summed E-state index contributed by atoms with van der Waals surface area (Å²) in [5, 5.41) is 11.0. The molecule has 2 aromatic heterocycles. The topological polar surface area (TPSA) is 114 Å². The van der Waals surface area contributed by atoms with Gasteiger partial charge in [0.15, 0.2) is 11.6 Å². The second-order valence-corrected chi connectivity index (χ2v) is 13.9. The van der Waals surface area contributed by atoms with Crippen LogP contribution < -0.4 is 5.73 Å². The molecule has 2 aliphatic heterocycles. The van der Waals surface area contributed by atoms with Gasteiger partial charge in [-0.3, -0.25) is 4.79 Å². The Bertz CT molecular complexity index is 1940. The average Bonchev–Trinajstić information content (AvgIpc) is 3.66. The molecule has 8 nitrogen and oxygen atoms in total. The lowest BCUT2D eigenvalue weighted by molar-refractivity contribution is 0.0209. The van der Waals surface area contributed by atoms with Crippen LogP contribution in [-0.4, -0.2) is 44.5 Å². The smallest absolute Gasteiger partial charge is 0.410 e. The molecule has 1 aliphatic carbocycles. The number of Topliss-reactive ketones (excluding diaryl/α,β-unsaturated/α-hetero) is 1. The maximum absolute atomic E-state index is 16.9. The molecule has 45 heavy (non-hydrogen) atoms. The number of carbonyl (C=O) groups excluding carboxylic acids is 2. The molecule has 3 aliphatic rings. The molecule has 0 unspecified atom stereocenters. The van der Waals surface area contributed by atoms with Gasteiger partial charge < -0.3 is 19.9 Å². The summed E-state index contributed by atoms with van der Waals surface area (Å²) in [6.45, 7) is 9.29. The van der Waals surface area contributed by atoms with Crippen LogP contribution in [0.1, 0.15) is 81.3 Å². The Kier molecular flexibility index (Phi) is 7.83. The van der Waals surface area contributed by atoms with Crippen molar-refractivity contribution >= 4 is 56.9 Å². The van der Waals surface area contributed by atoms with E-state index in [4.69, 9.17) is 33.7 Å². The van der Waals surface area contributed by atoms with E-state index in [-0.39, 0.29) is 69.5 Å². The molecule has 7 rings (SSSR count). The Balaban J connectivity index is 1.65. The molecule has 1 saturated carbocycles. The molecule has 1 amide bonds. The zero-order chi connectivity index (χ0) is 32.5. The van der Waals surface area contributed by atoms with E-state index < -0.39 is 17.5 Å². The lowest BCUT2D eigenvalue weighted by Crippen LogP contribution is -2.44. The van der Waals surface area contributed by atoms with Gasteiger partial charge in [0, 0.05) is 59.4 Å². The molecule has 11 heteroatoms. The SMILES string of the molecule is CC(=O)c1nc2c(F)c(-c3cccc(Cl)c3Cl)c(CCC#N)cc2c2c1cc([C@@H](C)N)n2[C@H]1[C@@H]2C[C@H]1N(C(=O)OC(C)(C)C)C2. The number of benzene rings is 2. The molecule has 2 saturated heterocycles. The number of hydrogen-bond donors (Lipinski definition) is 1. The highest BCUT2D eigenvalue weighted by molar-refractivity contribution is 6.43. The predicted molar refractivity (Wildman–Crippen MR) is 173 cm³/mol. The third kappa shape index (κ3) is 5.13. The molecule has 2 N–H and O–H groups in total. The van der Waals surface area contributed by atoms with Crippen LogP contribution in [0.15, 0.2) is 30.3 Å². The third-order valence-corrected chi connectivity index (χ3v) is 9.65. The molecule has 2 bridgehead atoms. The van der Waals surface area contributed by atoms with Crippen LogP contribution in [0.25, 0.3) is 32.9 Å². The minimum atomic E-state index is -0.656. The minimum Gasteiger partial charge on any atom is -0.444 e. The largest absolute Gasteiger partial charge is 0.444 e. The molecule has 234 valence electrons. The normalized spacial score (nSPS) is 19.9. The highest BCUT2D eigenvalue weighted by Gasteiger charge is 2.56. The highest BCUT2D eigenvalue weighted by Crippen LogP contribution is 2.53. The summed E-state index contributed by atoms with van der Waals surface area (Å²) in [6, 6.07) is 10.1. The van der Waals surface area contributed by atoms with E-state index in [9.17, 15) is 14.9 Å². The predicted octanol–water partition coefficient (Wildman–Crippen LogP) is 8.16. The zero-order valence-electron chi connectivity index (χ0n) is 25.7. The van der Waals surface area contributed by atoms with E-state index in [0.29, 0.717) is 34.0 Å². The molecule has 4 atom stereocenters. The fourth-order valence-electron chi connectivity index (χ4n) is 6.97. The molecular formula is C34H34Cl2FN5O3. The van der Waals surface area contributed by atoms with E-state index in [0.717, 1.165) is 12.1 Å². The summed E-state index contributed by atoms with van der Waals surface area (Å²) in [5.41, 5.74) is 8.54. The highest BCUT2D eigenvalue weighted by atomic mass is 35.5. The van der Waals surface area contributed by atoms with E-state index in [1.807, 2.05) is 39.8 Å². The standard InChI is InChI=1S/C34H34Cl2FN5O3/c1-16(39)24-14-22-29(17(2)43)40-30-21(12-18(8-7-11-38)26(28(30)37)20-9-6-10-23(35)27(20)36)32(22)42(24)31-19-13-25(31)41(15-19)33(44)45-34(3,4)5/h6,9-10,12,14,16,19,25,31H,7-8,13,15,39H2,1-5H3/t16-,19-,25-,31+/m1/s1. The number of fused-ring (bicyclic) bond motifs is 4. The second kappa shape index (κ2) is 11.3. The quantitative estimate of drug-likeness (QED) is 0.211. The number of halogens is 3. The van der Waals surface area contributed by atoms with Gasteiger partial charge in [0.25, 0.3) is 0 Å². The van der Waals surface area contributed by atoms with Crippen molar-refractivity contribution in [1.82, 2.24) is 14.5 Å². The van der Waals surface area contributed by atoms with Crippen molar-refractivity contribution < 1.29 is 18.7 Å². The molecule has 0 spiro atoms. The zero-order valence-corrected chi connectivity index (χ0v) is 27.3. The van der Waals surface area contributed by atoms with E-state index in [1.54, 1.807) is 23.1 Å². The lowest BCUT2D eigenvalue weighted by Gasteiger charge is -2.39. The summed E-state index contributed by atoms with van der Waals surface area (Å²) < 4.78 is 24.8. The van der Waals surface area contributed by atoms with Crippen molar-refractivity contribution in [2.75, 3.05) is 6.54 Å². The van der Waals surface area contributed by atoms with Crippen LogP contribution >= 0.6 is 23.2 Å². The van der Waals surface area contributed by atoms with Crippen LogP contribution in [0.3, 0.4) is 0 Å². The van der Waals surface area contributed by atoms with Crippen LogP contribution in [-0.2, 0) is 11.2 Å². The molecule has 3 fully saturated rings. The molecular weight excluding hydrogens is 616 g/mol. The number of nitrogens with two attached hydrogens (primary N) is 1. The van der Waals surface area contributed by atoms with Gasteiger partial charge >= 0.3 is 6.09 Å². The fraction of sp³-hybridized carbons (Fsp3) is 0.412. The van der Waals surface area contributed by atoms with Gasteiger partial charge in [-0.1, -0.05) is 35.3 Å².